The lowest BCUT2D eigenvalue weighted by molar-refractivity contribution is 0.626. The summed E-state index contributed by atoms with van der Waals surface area (Å²) in [6, 6.07) is 12.4. The molecule has 0 radical (unpaired) electrons. The van der Waals surface area contributed by atoms with E-state index in [0.717, 1.165) is 75.0 Å². The Morgan fingerprint density at radius 1 is 0.833 bits per heavy atom. The number of piperazine rings is 1. The Kier molecular flexibility index (Phi) is 6.32. The van der Waals surface area contributed by atoms with Gasteiger partial charge in [0.05, 0.1) is 0 Å². The van der Waals surface area contributed by atoms with E-state index in [1.807, 2.05) is 30.6 Å². The van der Waals surface area contributed by atoms with E-state index in [1.54, 1.807) is 12.5 Å². The molecule has 2 aliphatic rings. The van der Waals surface area contributed by atoms with Crippen molar-refractivity contribution in [1.29, 1.82) is 0 Å². The molecule has 10 nitrogen and oxygen atoms in total. The quantitative estimate of drug-likeness (QED) is 0.427. The topological polar surface area (TPSA) is 108 Å². The Hall–Kier alpha value is -4.18. The number of hydrogen-bond acceptors (Lipinski definition) is 10. The molecule has 0 spiro atoms. The lowest BCUT2D eigenvalue weighted by Gasteiger charge is -2.34. The van der Waals surface area contributed by atoms with Crippen LogP contribution in [0.3, 0.4) is 0 Å². The van der Waals surface area contributed by atoms with Crippen LogP contribution < -0.4 is 20.4 Å². The molecule has 2 N–H and O–H groups in total. The molecule has 0 amide bonds. The standard InChI is InChI=1S/C26H28N10/c1-2-7-28-22(3-1)13-19-15-29-25(30-16-19)35-9-11-36(12-10-35)26-32-18-31-24(34-26)33-23-5-4-20-6-8-27-17-21(20)14-23/h1-5,7,14-16,18,27H,6,8-13,17H2,(H,31,32,33,34). The summed E-state index contributed by atoms with van der Waals surface area (Å²) < 4.78 is 0. The predicted molar refractivity (Wildman–Crippen MR) is 138 cm³/mol. The number of aromatic nitrogens is 6. The molecule has 1 saturated heterocycles. The highest BCUT2D eigenvalue weighted by atomic mass is 15.4. The summed E-state index contributed by atoms with van der Waals surface area (Å²) >= 11 is 0. The Balaban J connectivity index is 1.06. The molecule has 2 aliphatic heterocycles. The number of pyridine rings is 1. The molecular weight excluding hydrogens is 452 g/mol. The molecule has 1 fully saturated rings. The minimum atomic E-state index is 0.554. The molecule has 5 heterocycles. The molecule has 182 valence electrons. The van der Waals surface area contributed by atoms with E-state index in [0.29, 0.717) is 11.9 Å². The molecule has 4 aromatic rings. The maximum absolute atomic E-state index is 4.67. The van der Waals surface area contributed by atoms with Gasteiger partial charge >= 0.3 is 0 Å². The number of fused-ring (bicyclic) bond motifs is 1. The number of nitrogens with zero attached hydrogens (tertiary/aromatic N) is 8. The van der Waals surface area contributed by atoms with Crippen LogP contribution in [0.2, 0.25) is 0 Å². The normalized spacial score (nSPS) is 15.4. The zero-order valence-corrected chi connectivity index (χ0v) is 20.0. The third kappa shape index (κ3) is 5.08. The van der Waals surface area contributed by atoms with E-state index in [-0.39, 0.29) is 0 Å². The number of rotatable bonds is 6. The lowest BCUT2D eigenvalue weighted by Crippen LogP contribution is -2.47. The lowest BCUT2D eigenvalue weighted by atomic mass is 10.0. The third-order valence-electron chi connectivity index (χ3n) is 6.56. The number of hydrogen-bond donors (Lipinski definition) is 2. The van der Waals surface area contributed by atoms with Gasteiger partial charge in [0.2, 0.25) is 17.8 Å². The van der Waals surface area contributed by atoms with Gasteiger partial charge in [-0.3, -0.25) is 4.98 Å². The van der Waals surface area contributed by atoms with Gasteiger partial charge < -0.3 is 20.4 Å². The average molecular weight is 481 g/mol. The summed E-state index contributed by atoms with van der Waals surface area (Å²) in [5, 5.41) is 6.76. The fourth-order valence-corrected chi connectivity index (χ4v) is 4.61. The van der Waals surface area contributed by atoms with Gasteiger partial charge in [-0.15, -0.1) is 0 Å². The highest BCUT2D eigenvalue weighted by Crippen LogP contribution is 2.22. The summed E-state index contributed by atoms with van der Waals surface area (Å²) in [6.07, 6.45) is 8.96. The van der Waals surface area contributed by atoms with Crippen LogP contribution in [0.4, 0.5) is 23.5 Å². The SMILES string of the molecule is c1ccc(Cc2cnc(N3CCN(c4ncnc(Nc5ccc6c(c5)CNCC6)n4)CC3)nc2)nc1. The highest BCUT2D eigenvalue weighted by Gasteiger charge is 2.21. The zero-order chi connectivity index (χ0) is 24.2. The monoisotopic (exact) mass is 480 g/mol. The molecule has 1 aromatic carbocycles. The number of nitrogens with one attached hydrogen (secondary N) is 2. The first kappa shape index (κ1) is 22.3. The molecule has 36 heavy (non-hydrogen) atoms. The zero-order valence-electron chi connectivity index (χ0n) is 20.0. The summed E-state index contributed by atoms with van der Waals surface area (Å²) in [4.78, 5) is 31.4. The number of anilines is 4. The molecule has 0 unspecified atom stereocenters. The van der Waals surface area contributed by atoms with Crippen LogP contribution in [0.1, 0.15) is 22.4 Å². The van der Waals surface area contributed by atoms with Crippen molar-refractivity contribution in [1.82, 2.24) is 35.2 Å². The van der Waals surface area contributed by atoms with E-state index in [1.165, 1.54) is 11.1 Å². The number of benzene rings is 1. The Bertz CT molecular complexity index is 1300. The maximum atomic E-state index is 4.67. The highest BCUT2D eigenvalue weighted by molar-refractivity contribution is 5.57. The van der Waals surface area contributed by atoms with Crippen LogP contribution in [0, 0.1) is 0 Å². The van der Waals surface area contributed by atoms with Crippen LogP contribution in [-0.2, 0) is 19.4 Å². The van der Waals surface area contributed by atoms with Crippen molar-refractivity contribution < 1.29 is 0 Å². The van der Waals surface area contributed by atoms with Gasteiger partial charge in [-0.2, -0.15) is 4.98 Å². The van der Waals surface area contributed by atoms with Crippen molar-refractivity contribution in [2.45, 2.75) is 19.4 Å². The summed E-state index contributed by atoms with van der Waals surface area (Å²) in [5.74, 6) is 1.98. The summed E-state index contributed by atoms with van der Waals surface area (Å²) in [7, 11) is 0. The van der Waals surface area contributed by atoms with Crippen LogP contribution in [0.5, 0.6) is 0 Å². The fraction of sp³-hybridized carbons (Fsp3) is 0.308. The van der Waals surface area contributed by atoms with E-state index < -0.39 is 0 Å². The van der Waals surface area contributed by atoms with Crippen molar-refractivity contribution in [3.05, 3.63) is 83.7 Å². The van der Waals surface area contributed by atoms with Crippen LogP contribution in [0.15, 0.2) is 61.3 Å². The second kappa shape index (κ2) is 10.2. The van der Waals surface area contributed by atoms with Gasteiger partial charge in [0.1, 0.15) is 6.33 Å². The molecule has 0 aliphatic carbocycles. The minimum absolute atomic E-state index is 0.554. The molecule has 0 atom stereocenters. The van der Waals surface area contributed by atoms with Crippen molar-refractivity contribution in [2.75, 3.05) is 47.8 Å². The molecule has 0 saturated carbocycles. The smallest absolute Gasteiger partial charge is 0.231 e. The van der Waals surface area contributed by atoms with Gasteiger partial charge in [-0.1, -0.05) is 12.1 Å². The fourth-order valence-electron chi connectivity index (χ4n) is 4.61. The van der Waals surface area contributed by atoms with Crippen LogP contribution >= 0.6 is 0 Å². The van der Waals surface area contributed by atoms with E-state index >= 15 is 0 Å². The van der Waals surface area contributed by atoms with Crippen molar-refractivity contribution in [3.8, 4) is 0 Å². The van der Waals surface area contributed by atoms with Gasteiger partial charge in [-0.25, -0.2) is 19.9 Å². The first-order chi connectivity index (χ1) is 17.8. The van der Waals surface area contributed by atoms with Crippen LogP contribution in [-0.4, -0.2) is 62.6 Å². The van der Waals surface area contributed by atoms with Gasteiger partial charge in [0.25, 0.3) is 0 Å². The van der Waals surface area contributed by atoms with E-state index in [9.17, 15) is 0 Å². The second-order valence-corrected chi connectivity index (χ2v) is 9.01. The predicted octanol–water partition coefficient (Wildman–Crippen LogP) is 2.36. The van der Waals surface area contributed by atoms with E-state index in [2.05, 4.69) is 68.5 Å². The first-order valence-electron chi connectivity index (χ1n) is 12.3. The van der Waals surface area contributed by atoms with E-state index in [4.69, 9.17) is 0 Å². The maximum Gasteiger partial charge on any atom is 0.231 e. The molecule has 3 aromatic heterocycles. The Labute approximate surface area is 209 Å². The van der Waals surface area contributed by atoms with Crippen molar-refractivity contribution in [2.24, 2.45) is 0 Å². The van der Waals surface area contributed by atoms with Gasteiger partial charge in [0, 0.05) is 69.1 Å². The molecule has 10 heteroatoms. The van der Waals surface area contributed by atoms with Gasteiger partial charge in [-0.05, 0) is 53.9 Å². The Morgan fingerprint density at radius 2 is 1.67 bits per heavy atom. The Morgan fingerprint density at radius 3 is 2.47 bits per heavy atom. The average Bonchev–Trinajstić information content (AvgIpc) is 2.94. The summed E-state index contributed by atoms with van der Waals surface area (Å²) in [6.45, 7) is 5.10. The van der Waals surface area contributed by atoms with Crippen LogP contribution in [0.25, 0.3) is 0 Å². The largest absolute Gasteiger partial charge is 0.337 e. The van der Waals surface area contributed by atoms with Crippen molar-refractivity contribution >= 4 is 23.5 Å². The second-order valence-electron chi connectivity index (χ2n) is 9.01. The summed E-state index contributed by atoms with van der Waals surface area (Å²) in [5.41, 5.74) is 5.78. The molecule has 6 rings (SSSR count). The minimum Gasteiger partial charge on any atom is -0.337 e. The third-order valence-corrected chi connectivity index (χ3v) is 6.56. The molecular formula is C26H28N10. The van der Waals surface area contributed by atoms with Gasteiger partial charge in [0.15, 0.2) is 0 Å². The first-order valence-corrected chi connectivity index (χ1v) is 12.3. The molecule has 0 bridgehead atoms. The van der Waals surface area contributed by atoms with Crippen molar-refractivity contribution in [3.63, 3.8) is 0 Å².